The second-order valence-corrected chi connectivity index (χ2v) is 7.51. The highest BCUT2D eigenvalue weighted by molar-refractivity contribution is 9.10. The molecular formula is C21H17BrN4O3. The molecule has 7 nitrogen and oxygen atoms in total. The number of aromatic nitrogens is 2. The van der Waals surface area contributed by atoms with Gasteiger partial charge in [-0.2, -0.15) is 5.10 Å². The largest absolute Gasteiger partial charge is 0.477 e. The maximum atomic E-state index is 12.9. The third-order valence-corrected chi connectivity index (χ3v) is 5.33. The van der Waals surface area contributed by atoms with Crippen molar-refractivity contribution >= 4 is 39.3 Å². The van der Waals surface area contributed by atoms with Crippen molar-refractivity contribution in [2.45, 2.75) is 13.0 Å². The quantitative estimate of drug-likeness (QED) is 0.551. The predicted octanol–water partition coefficient (Wildman–Crippen LogP) is 4.19. The van der Waals surface area contributed by atoms with E-state index >= 15 is 0 Å². The molecule has 2 aromatic carbocycles. The first kappa shape index (κ1) is 18.9. The van der Waals surface area contributed by atoms with Gasteiger partial charge in [-0.05, 0) is 42.3 Å². The zero-order valence-electron chi connectivity index (χ0n) is 15.4. The van der Waals surface area contributed by atoms with E-state index in [4.69, 9.17) is 0 Å². The summed E-state index contributed by atoms with van der Waals surface area (Å²) < 4.78 is 2.43. The zero-order chi connectivity index (χ0) is 20.5. The van der Waals surface area contributed by atoms with Crippen LogP contribution in [0.4, 0.5) is 11.5 Å². The second kappa shape index (κ2) is 7.56. The highest BCUT2D eigenvalue weighted by Crippen LogP contribution is 2.35. The van der Waals surface area contributed by atoms with Gasteiger partial charge in [0.1, 0.15) is 23.1 Å². The Morgan fingerprint density at radius 1 is 1.21 bits per heavy atom. The Balaban J connectivity index is 1.74. The fraction of sp³-hybridized carbons (Fsp3) is 0.0952. The van der Waals surface area contributed by atoms with Gasteiger partial charge in [-0.15, -0.1) is 0 Å². The standard InChI is InChI=1S/C21H17BrN4O3/c1-12-5-4-6-13(9-12)24-20(27)15-11-23-26-18(14-7-2-3-8-16(14)22)10-17(21(28)29)25-19(15)26/h2-11,18,25H,1H3,(H,24,27)(H,28,29)/t18-/m1/s1. The van der Waals surface area contributed by atoms with E-state index in [0.717, 1.165) is 15.6 Å². The number of rotatable bonds is 4. The molecule has 0 saturated carbocycles. The number of anilines is 2. The number of amides is 1. The minimum Gasteiger partial charge on any atom is -0.477 e. The number of benzene rings is 2. The van der Waals surface area contributed by atoms with E-state index in [1.165, 1.54) is 6.20 Å². The summed E-state index contributed by atoms with van der Waals surface area (Å²) in [5.74, 6) is -1.16. The predicted molar refractivity (Wildman–Crippen MR) is 113 cm³/mol. The van der Waals surface area contributed by atoms with E-state index < -0.39 is 12.0 Å². The molecule has 0 saturated heterocycles. The van der Waals surface area contributed by atoms with Gasteiger partial charge in [0.15, 0.2) is 0 Å². The highest BCUT2D eigenvalue weighted by atomic mass is 79.9. The summed E-state index contributed by atoms with van der Waals surface area (Å²) in [7, 11) is 0. The van der Waals surface area contributed by atoms with Crippen LogP contribution in [0, 0.1) is 6.92 Å². The molecule has 1 aliphatic heterocycles. The Bertz CT molecular complexity index is 1150. The summed E-state index contributed by atoms with van der Waals surface area (Å²) in [5.41, 5.74) is 2.76. The van der Waals surface area contributed by atoms with Crippen molar-refractivity contribution in [3.63, 3.8) is 0 Å². The van der Waals surface area contributed by atoms with Crippen LogP contribution in [0.2, 0.25) is 0 Å². The number of aliphatic carboxylic acids is 1. The number of carboxylic acid groups (broad SMARTS) is 1. The van der Waals surface area contributed by atoms with Gasteiger partial charge in [-0.3, -0.25) is 4.79 Å². The maximum Gasteiger partial charge on any atom is 0.352 e. The molecule has 3 N–H and O–H groups in total. The summed E-state index contributed by atoms with van der Waals surface area (Å²) in [6.07, 6.45) is 3.01. The van der Waals surface area contributed by atoms with Crippen molar-refractivity contribution in [3.05, 3.63) is 87.7 Å². The molecule has 0 aliphatic carbocycles. The number of halogens is 1. The first-order chi connectivity index (χ1) is 13.9. The average molecular weight is 453 g/mol. The van der Waals surface area contributed by atoms with Crippen LogP contribution in [0.5, 0.6) is 0 Å². The van der Waals surface area contributed by atoms with E-state index in [1.807, 2.05) is 49.4 Å². The fourth-order valence-corrected chi connectivity index (χ4v) is 3.76. The molecule has 8 heteroatoms. The van der Waals surface area contributed by atoms with Crippen molar-refractivity contribution < 1.29 is 14.7 Å². The lowest BCUT2D eigenvalue weighted by atomic mass is 10.0. The number of fused-ring (bicyclic) bond motifs is 1. The van der Waals surface area contributed by atoms with Crippen LogP contribution >= 0.6 is 15.9 Å². The van der Waals surface area contributed by atoms with Gasteiger partial charge in [0.2, 0.25) is 0 Å². The van der Waals surface area contributed by atoms with Crippen molar-refractivity contribution in [2.75, 3.05) is 10.6 Å². The van der Waals surface area contributed by atoms with Crippen molar-refractivity contribution in [3.8, 4) is 0 Å². The third-order valence-electron chi connectivity index (χ3n) is 4.61. The molecule has 0 fully saturated rings. The summed E-state index contributed by atoms with van der Waals surface area (Å²) in [5, 5.41) is 19.6. The topological polar surface area (TPSA) is 96.3 Å². The number of nitrogens with one attached hydrogen (secondary N) is 2. The highest BCUT2D eigenvalue weighted by Gasteiger charge is 2.30. The van der Waals surface area contributed by atoms with Crippen molar-refractivity contribution in [2.24, 2.45) is 0 Å². The Labute approximate surface area is 175 Å². The molecule has 0 spiro atoms. The Morgan fingerprint density at radius 2 is 2.00 bits per heavy atom. The first-order valence-corrected chi connectivity index (χ1v) is 9.65. The minimum atomic E-state index is -1.11. The third kappa shape index (κ3) is 3.66. The minimum absolute atomic E-state index is 0.0108. The Hall–Kier alpha value is -3.39. The lowest BCUT2D eigenvalue weighted by Crippen LogP contribution is -2.25. The Kier molecular flexibility index (Phi) is 4.94. The van der Waals surface area contributed by atoms with E-state index in [-0.39, 0.29) is 17.2 Å². The normalized spacial score (nSPS) is 15.1. The molecule has 1 amide bonds. The van der Waals surface area contributed by atoms with Gasteiger partial charge in [-0.25, -0.2) is 9.48 Å². The molecule has 1 atom stereocenters. The van der Waals surface area contributed by atoms with Gasteiger partial charge in [0, 0.05) is 10.2 Å². The SMILES string of the molecule is Cc1cccc(NC(=O)c2cnn3c2NC(C(=O)O)=C[C@@H]3c2ccccc2Br)c1. The molecular weight excluding hydrogens is 436 g/mol. The number of carboxylic acids is 1. The summed E-state index contributed by atoms with van der Waals surface area (Å²) in [6, 6.07) is 14.5. The number of carbonyl (C=O) groups excluding carboxylic acids is 1. The van der Waals surface area contributed by atoms with Crippen molar-refractivity contribution in [1.29, 1.82) is 0 Å². The Morgan fingerprint density at radius 3 is 2.72 bits per heavy atom. The van der Waals surface area contributed by atoms with Crippen LogP contribution in [0.25, 0.3) is 0 Å². The number of hydrogen-bond acceptors (Lipinski definition) is 4. The van der Waals surface area contributed by atoms with Gasteiger partial charge in [0.05, 0.1) is 6.20 Å². The van der Waals surface area contributed by atoms with Crippen LogP contribution in [-0.4, -0.2) is 26.8 Å². The van der Waals surface area contributed by atoms with Gasteiger partial charge in [0.25, 0.3) is 5.91 Å². The number of hydrogen-bond donors (Lipinski definition) is 3. The molecule has 0 unspecified atom stereocenters. The van der Waals surface area contributed by atoms with Gasteiger partial charge in [-0.1, -0.05) is 46.3 Å². The number of aryl methyl sites for hydroxylation is 1. The van der Waals surface area contributed by atoms with E-state index in [2.05, 4.69) is 31.7 Å². The molecule has 1 aromatic heterocycles. The summed E-state index contributed by atoms with van der Waals surface area (Å²) in [6.45, 7) is 1.94. The maximum absolute atomic E-state index is 12.9. The van der Waals surface area contributed by atoms with Crippen LogP contribution in [-0.2, 0) is 4.79 Å². The first-order valence-electron chi connectivity index (χ1n) is 8.86. The number of nitrogens with zero attached hydrogens (tertiary/aromatic N) is 2. The molecule has 146 valence electrons. The summed E-state index contributed by atoms with van der Waals surface area (Å²) >= 11 is 3.51. The molecule has 29 heavy (non-hydrogen) atoms. The number of carbonyl (C=O) groups is 2. The second-order valence-electron chi connectivity index (χ2n) is 6.65. The van der Waals surface area contributed by atoms with Gasteiger partial charge < -0.3 is 15.7 Å². The average Bonchev–Trinajstić information content (AvgIpc) is 3.12. The smallest absolute Gasteiger partial charge is 0.352 e. The lowest BCUT2D eigenvalue weighted by Gasteiger charge is -2.25. The van der Waals surface area contributed by atoms with Crippen LogP contribution in [0.15, 0.2) is 71.0 Å². The fourth-order valence-electron chi connectivity index (χ4n) is 3.24. The lowest BCUT2D eigenvalue weighted by molar-refractivity contribution is -0.132. The molecule has 2 heterocycles. The molecule has 3 aromatic rings. The van der Waals surface area contributed by atoms with Crippen LogP contribution < -0.4 is 10.6 Å². The molecule has 1 aliphatic rings. The van der Waals surface area contributed by atoms with Crippen LogP contribution in [0.1, 0.15) is 27.5 Å². The monoisotopic (exact) mass is 452 g/mol. The number of allylic oxidation sites excluding steroid dienone is 1. The zero-order valence-corrected chi connectivity index (χ0v) is 17.0. The molecule has 0 bridgehead atoms. The molecule has 4 rings (SSSR count). The van der Waals surface area contributed by atoms with E-state index in [1.54, 1.807) is 16.8 Å². The van der Waals surface area contributed by atoms with Crippen LogP contribution in [0.3, 0.4) is 0 Å². The summed E-state index contributed by atoms with van der Waals surface area (Å²) in [4.78, 5) is 24.5. The van der Waals surface area contributed by atoms with Gasteiger partial charge >= 0.3 is 5.97 Å². The molecule has 0 radical (unpaired) electrons. The van der Waals surface area contributed by atoms with Crippen molar-refractivity contribution in [1.82, 2.24) is 9.78 Å². The van der Waals surface area contributed by atoms with E-state index in [0.29, 0.717) is 11.5 Å². The van der Waals surface area contributed by atoms with E-state index in [9.17, 15) is 14.7 Å².